The number of aryl methyl sites for hydroxylation is 2. The van der Waals surface area contributed by atoms with E-state index >= 15 is 0 Å². The molecule has 0 aliphatic heterocycles. The van der Waals surface area contributed by atoms with Gasteiger partial charge in [0.15, 0.2) is 0 Å². The minimum atomic E-state index is 0.578. The second-order valence-electron chi connectivity index (χ2n) is 5.51. The van der Waals surface area contributed by atoms with Gasteiger partial charge in [0.05, 0.1) is 0 Å². The molecule has 0 unspecified atom stereocenters. The molecule has 122 valence electrons. The summed E-state index contributed by atoms with van der Waals surface area (Å²) < 4.78 is 0. The van der Waals surface area contributed by atoms with E-state index in [2.05, 4.69) is 25.6 Å². The average Bonchev–Trinajstić information content (AvgIpc) is 2.57. The first-order chi connectivity index (χ1) is 11.6. The quantitative estimate of drug-likeness (QED) is 0.716. The molecule has 3 rings (SSSR count). The first-order valence-corrected chi connectivity index (χ1v) is 7.99. The predicted molar refractivity (Wildman–Crippen MR) is 97.8 cm³/mol. The summed E-state index contributed by atoms with van der Waals surface area (Å²) in [5.41, 5.74) is 4.03. The molecule has 0 saturated heterocycles. The zero-order valence-electron chi connectivity index (χ0n) is 13.5. The summed E-state index contributed by atoms with van der Waals surface area (Å²) in [6.07, 6.45) is 3.53. The van der Waals surface area contributed by atoms with Gasteiger partial charge >= 0.3 is 0 Å². The van der Waals surface area contributed by atoms with Gasteiger partial charge in [0.1, 0.15) is 5.82 Å². The van der Waals surface area contributed by atoms with E-state index in [0.717, 1.165) is 28.3 Å². The summed E-state index contributed by atoms with van der Waals surface area (Å²) in [7, 11) is 0. The highest BCUT2D eigenvalue weighted by Crippen LogP contribution is 2.24. The summed E-state index contributed by atoms with van der Waals surface area (Å²) in [4.78, 5) is 13.0. The first kappa shape index (κ1) is 16.2. The summed E-state index contributed by atoms with van der Waals surface area (Å²) in [6, 6.07) is 11.5. The molecule has 0 aliphatic rings. The molecule has 0 fully saturated rings. The van der Waals surface area contributed by atoms with E-state index in [-0.39, 0.29) is 0 Å². The van der Waals surface area contributed by atoms with Crippen molar-refractivity contribution in [3.63, 3.8) is 0 Å². The highest BCUT2D eigenvalue weighted by molar-refractivity contribution is 6.30. The number of aromatic nitrogens is 3. The Morgan fingerprint density at radius 2 is 1.79 bits per heavy atom. The zero-order valence-corrected chi connectivity index (χ0v) is 14.3. The summed E-state index contributed by atoms with van der Waals surface area (Å²) in [5, 5.41) is 7.23. The molecule has 0 radical (unpaired) electrons. The van der Waals surface area contributed by atoms with Crippen LogP contribution in [0.25, 0.3) is 0 Å². The van der Waals surface area contributed by atoms with Crippen LogP contribution < -0.4 is 10.6 Å². The number of hydrogen-bond acceptors (Lipinski definition) is 5. The smallest absolute Gasteiger partial charge is 0.225 e. The SMILES string of the molecule is Cc1cc(Nc2cc(Cl)ccc2C)nc(NCc2ccncc2)n1. The molecule has 0 bridgehead atoms. The molecule has 5 nitrogen and oxygen atoms in total. The number of nitrogens with zero attached hydrogens (tertiary/aromatic N) is 3. The van der Waals surface area contributed by atoms with Crippen LogP contribution in [-0.4, -0.2) is 15.0 Å². The number of hydrogen-bond donors (Lipinski definition) is 2. The lowest BCUT2D eigenvalue weighted by Crippen LogP contribution is -2.06. The van der Waals surface area contributed by atoms with Gasteiger partial charge in [0.2, 0.25) is 5.95 Å². The van der Waals surface area contributed by atoms with Crippen LogP contribution in [0, 0.1) is 13.8 Å². The second kappa shape index (κ2) is 7.27. The van der Waals surface area contributed by atoms with Gasteiger partial charge in [-0.3, -0.25) is 4.98 Å². The van der Waals surface area contributed by atoms with Crippen molar-refractivity contribution in [1.29, 1.82) is 0 Å². The van der Waals surface area contributed by atoms with Gasteiger partial charge in [0.25, 0.3) is 0 Å². The van der Waals surface area contributed by atoms with E-state index in [4.69, 9.17) is 11.6 Å². The Morgan fingerprint density at radius 3 is 2.58 bits per heavy atom. The van der Waals surface area contributed by atoms with Crippen LogP contribution in [-0.2, 0) is 6.54 Å². The Kier molecular flexibility index (Phi) is 4.91. The van der Waals surface area contributed by atoms with Crippen molar-refractivity contribution in [2.75, 3.05) is 10.6 Å². The van der Waals surface area contributed by atoms with E-state index in [1.165, 1.54) is 0 Å². The van der Waals surface area contributed by atoms with E-state index in [1.54, 1.807) is 12.4 Å². The van der Waals surface area contributed by atoms with Crippen molar-refractivity contribution in [2.24, 2.45) is 0 Å². The molecule has 2 aromatic heterocycles. The lowest BCUT2D eigenvalue weighted by Gasteiger charge is -2.12. The van der Waals surface area contributed by atoms with E-state index in [9.17, 15) is 0 Å². The number of benzene rings is 1. The number of pyridine rings is 1. The first-order valence-electron chi connectivity index (χ1n) is 7.62. The standard InChI is InChI=1S/C18H18ClN5/c1-12-3-4-15(19)10-16(12)23-17-9-13(2)22-18(24-17)21-11-14-5-7-20-8-6-14/h3-10H,11H2,1-2H3,(H2,21,22,23,24). The fraction of sp³-hybridized carbons (Fsp3) is 0.167. The van der Waals surface area contributed by atoms with Gasteiger partial charge in [-0.15, -0.1) is 0 Å². The molecule has 0 saturated carbocycles. The molecule has 3 aromatic rings. The van der Waals surface area contributed by atoms with Gasteiger partial charge < -0.3 is 10.6 Å². The third kappa shape index (κ3) is 4.20. The fourth-order valence-electron chi connectivity index (χ4n) is 2.26. The average molecular weight is 340 g/mol. The van der Waals surface area contributed by atoms with Crippen molar-refractivity contribution >= 4 is 29.1 Å². The van der Waals surface area contributed by atoms with Gasteiger partial charge in [-0.1, -0.05) is 17.7 Å². The second-order valence-corrected chi connectivity index (χ2v) is 5.95. The molecule has 1 aromatic carbocycles. The Balaban J connectivity index is 1.77. The molecule has 2 heterocycles. The van der Waals surface area contributed by atoms with Crippen molar-refractivity contribution < 1.29 is 0 Å². The van der Waals surface area contributed by atoms with E-state index in [0.29, 0.717) is 17.5 Å². The lowest BCUT2D eigenvalue weighted by atomic mass is 10.2. The summed E-state index contributed by atoms with van der Waals surface area (Å²) >= 11 is 6.07. The van der Waals surface area contributed by atoms with E-state index < -0.39 is 0 Å². The molecular formula is C18H18ClN5. The van der Waals surface area contributed by atoms with Gasteiger partial charge in [-0.2, -0.15) is 4.98 Å². The Bertz CT molecular complexity index is 836. The maximum atomic E-state index is 6.07. The normalized spacial score (nSPS) is 10.5. The van der Waals surface area contributed by atoms with Crippen LogP contribution in [0.15, 0.2) is 48.8 Å². The molecule has 24 heavy (non-hydrogen) atoms. The Morgan fingerprint density at radius 1 is 1.00 bits per heavy atom. The minimum Gasteiger partial charge on any atom is -0.350 e. The van der Waals surface area contributed by atoms with Crippen molar-refractivity contribution in [3.8, 4) is 0 Å². The number of halogens is 1. The number of rotatable bonds is 5. The third-order valence-electron chi connectivity index (χ3n) is 3.52. The van der Waals surface area contributed by atoms with Crippen LogP contribution in [0.4, 0.5) is 17.5 Å². The van der Waals surface area contributed by atoms with E-state index in [1.807, 2.05) is 50.2 Å². The van der Waals surface area contributed by atoms with Crippen molar-refractivity contribution in [3.05, 3.63) is 70.6 Å². The maximum absolute atomic E-state index is 6.07. The van der Waals surface area contributed by atoms with Crippen molar-refractivity contribution in [1.82, 2.24) is 15.0 Å². The zero-order chi connectivity index (χ0) is 16.9. The predicted octanol–water partition coefficient (Wildman–Crippen LogP) is 4.50. The lowest BCUT2D eigenvalue weighted by molar-refractivity contribution is 1.03. The van der Waals surface area contributed by atoms with Crippen LogP contribution in [0.3, 0.4) is 0 Å². The highest BCUT2D eigenvalue weighted by Gasteiger charge is 2.05. The Hall–Kier alpha value is -2.66. The molecule has 0 amide bonds. The van der Waals surface area contributed by atoms with Crippen molar-refractivity contribution in [2.45, 2.75) is 20.4 Å². The fourth-order valence-corrected chi connectivity index (χ4v) is 2.43. The van der Waals surface area contributed by atoms with Crippen LogP contribution >= 0.6 is 11.6 Å². The van der Waals surface area contributed by atoms with Crippen LogP contribution in [0.1, 0.15) is 16.8 Å². The van der Waals surface area contributed by atoms with Crippen LogP contribution in [0.5, 0.6) is 0 Å². The maximum Gasteiger partial charge on any atom is 0.225 e. The summed E-state index contributed by atoms with van der Waals surface area (Å²) in [5.74, 6) is 1.30. The largest absolute Gasteiger partial charge is 0.350 e. The molecule has 0 spiro atoms. The van der Waals surface area contributed by atoms with Gasteiger partial charge in [0, 0.05) is 41.4 Å². The number of nitrogens with one attached hydrogen (secondary N) is 2. The third-order valence-corrected chi connectivity index (χ3v) is 3.75. The highest BCUT2D eigenvalue weighted by atomic mass is 35.5. The Labute approximate surface area is 146 Å². The van der Waals surface area contributed by atoms with Crippen LogP contribution in [0.2, 0.25) is 5.02 Å². The monoisotopic (exact) mass is 339 g/mol. The topological polar surface area (TPSA) is 62.7 Å². The number of anilines is 3. The molecule has 6 heteroatoms. The van der Waals surface area contributed by atoms with Gasteiger partial charge in [-0.25, -0.2) is 4.98 Å². The molecule has 2 N–H and O–H groups in total. The minimum absolute atomic E-state index is 0.578. The summed E-state index contributed by atoms with van der Waals surface area (Å²) in [6.45, 7) is 4.60. The molecule has 0 aliphatic carbocycles. The van der Waals surface area contributed by atoms with Gasteiger partial charge in [-0.05, 0) is 49.2 Å². The molecule has 0 atom stereocenters. The molecular weight excluding hydrogens is 322 g/mol.